The Morgan fingerprint density at radius 2 is 2.19 bits per heavy atom. The van der Waals surface area contributed by atoms with Gasteiger partial charge in [0.25, 0.3) is 0 Å². The van der Waals surface area contributed by atoms with Crippen LogP contribution in [0, 0.1) is 11.7 Å². The molecule has 0 aliphatic heterocycles. The van der Waals surface area contributed by atoms with Crippen molar-refractivity contribution in [1.82, 2.24) is 0 Å². The maximum absolute atomic E-state index is 13.3. The van der Waals surface area contributed by atoms with Gasteiger partial charge in [-0.05, 0) is 37.0 Å². The third-order valence-corrected chi connectivity index (χ3v) is 4.45. The van der Waals surface area contributed by atoms with Gasteiger partial charge in [-0.3, -0.25) is 0 Å². The molecule has 0 amide bonds. The van der Waals surface area contributed by atoms with Crippen molar-refractivity contribution in [2.45, 2.75) is 42.8 Å². The van der Waals surface area contributed by atoms with E-state index in [0.29, 0.717) is 5.25 Å². The molecule has 3 heteroatoms. The summed E-state index contributed by atoms with van der Waals surface area (Å²) >= 11 is 1.80. The molecular formula is C13H18FNS. The smallest absolute Gasteiger partial charge is 0.147 e. The first-order chi connectivity index (χ1) is 7.65. The highest BCUT2D eigenvalue weighted by molar-refractivity contribution is 8.00. The standard InChI is InChI=1S/C13H18FNS/c1-9-3-2-4-10(7-9)16-11-5-6-13(15)12(14)8-11/h5-6,8-10H,2-4,7,15H2,1H3. The average molecular weight is 239 g/mol. The fraction of sp³-hybridized carbons (Fsp3) is 0.538. The van der Waals surface area contributed by atoms with Crippen LogP contribution in [-0.2, 0) is 0 Å². The van der Waals surface area contributed by atoms with Crippen molar-refractivity contribution < 1.29 is 4.39 Å². The van der Waals surface area contributed by atoms with E-state index in [1.165, 1.54) is 25.7 Å². The third-order valence-electron chi connectivity index (χ3n) is 3.16. The van der Waals surface area contributed by atoms with Gasteiger partial charge in [0.15, 0.2) is 0 Å². The molecule has 2 unspecified atom stereocenters. The summed E-state index contributed by atoms with van der Waals surface area (Å²) in [6.45, 7) is 2.30. The zero-order valence-corrected chi connectivity index (χ0v) is 10.4. The number of nitrogens with two attached hydrogens (primary N) is 1. The number of hydrogen-bond donors (Lipinski definition) is 1. The highest BCUT2D eigenvalue weighted by Crippen LogP contribution is 2.36. The molecule has 0 spiro atoms. The molecule has 0 heterocycles. The molecule has 0 radical (unpaired) electrons. The summed E-state index contributed by atoms with van der Waals surface area (Å²) in [5.41, 5.74) is 5.70. The largest absolute Gasteiger partial charge is 0.396 e. The van der Waals surface area contributed by atoms with Gasteiger partial charge in [0.05, 0.1) is 5.69 Å². The molecule has 88 valence electrons. The SMILES string of the molecule is CC1CCCC(Sc2ccc(N)c(F)c2)C1. The maximum Gasteiger partial charge on any atom is 0.147 e. The van der Waals surface area contributed by atoms with E-state index in [1.54, 1.807) is 23.9 Å². The molecule has 1 saturated carbocycles. The number of thioether (sulfide) groups is 1. The van der Waals surface area contributed by atoms with E-state index in [-0.39, 0.29) is 11.5 Å². The minimum Gasteiger partial charge on any atom is -0.396 e. The normalized spacial score (nSPS) is 25.6. The zero-order chi connectivity index (χ0) is 11.5. The van der Waals surface area contributed by atoms with Gasteiger partial charge >= 0.3 is 0 Å². The highest BCUT2D eigenvalue weighted by Gasteiger charge is 2.19. The molecule has 1 aromatic carbocycles. The molecule has 1 aliphatic carbocycles. The van der Waals surface area contributed by atoms with Crippen LogP contribution >= 0.6 is 11.8 Å². The van der Waals surface area contributed by atoms with Crippen LogP contribution in [0.2, 0.25) is 0 Å². The van der Waals surface area contributed by atoms with Gasteiger partial charge in [-0.2, -0.15) is 0 Å². The van der Waals surface area contributed by atoms with Crippen LogP contribution in [-0.4, -0.2) is 5.25 Å². The van der Waals surface area contributed by atoms with Crippen LogP contribution in [0.1, 0.15) is 32.6 Å². The number of nitrogen functional groups attached to an aromatic ring is 1. The van der Waals surface area contributed by atoms with E-state index in [9.17, 15) is 4.39 Å². The van der Waals surface area contributed by atoms with Crippen molar-refractivity contribution in [3.8, 4) is 0 Å². The van der Waals surface area contributed by atoms with Gasteiger partial charge in [-0.1, -0.05) is 19.8 Å². The summed E-state index contributed by atoms with van der Waals surface area (Å²) in [6.07, 6.45) is 5.14. The summed E-state index contributed by atoms with van der Waals surface area (Å²) in [6, 6.07) is 5.13. The van der Waals surface area contributed by atoms with Crippen molar-refractivity contribution in [1.29, 1.82) is 0 Å². The molecule has 2 rings (SSSR count). The number of benzene rings is 1. The molecule has 0 bridgehead atoms. The van der Waals surface area contributed by atoms with Crippen molar-refractivity contribution in [2.24, 2.45) is 5.92 Å². The van der Waals surface area contributed by atoms with Crippen molar-refractivity contribution in [3.05, 3.63) is 24.0 Å². The van der Waals surface area contributed by atoms with Crippen LogP contribution in [0.5, 0.6) is 0 Å². The Balaban J connectivity index is 2.00. The fourth-order valence-electron chi connectivity index (χ4n) is 2.26. The molecule has 0 aromatic heterocycles. The topological polar surface area (TPSA) is 26.0 Å². The highest BCUT2D eigenvalue weighted by atomic mass is 32.2. The number of hydrogen-bond acceptors (Lipinski definition) is 2. The van der Waals surface area contributed by atoms with Crippen LogP contribution in [0.4, 0.5) is 10.1 Å². The predicted molar refractivity (Wildman–Crippen MR) is 68.1 cm³/mol. The first-order valence-corrected chi connectivity index (χ1v) is 6.75. The Hall–Kier alpha value is -0.700. The van der Waals surface area contributed by atoms with Crippen LogP contribution in [0.3, 0.4) is 0 Å². The van der Waals surface area contributed by atoms with E-state index >= 15 is 0 Å². The molecular weight excluding hydrogens is 221 g/mol. The molecule has 1 fully saturated rings. The molecule has 1 aliphatic rings. The average Bonchev–Trinajstić information content (AvgIpc) is 2.24. The second kappa shape index (κ2) is 5.09. The molecule has 0 saturated heterocycles. The zero-order valence-electron chi connectivity index (χ0n) is 9.58. The van der Waals surface area contributed by atoms with Crippen molar-refractivity contribution >= 4 is 17.4 Å². The lowest BCUT2D eigenvalue weighted by molar-refractivity contribution is 0.394. The summed E-state index contributed by atoms with van der Waals surface area (Å²) in [4.78, 5) is 1.01. The second-order valence-corrected chi connectivity index (χ2v) is 6.07. The summed E-state index contributed by atoms with van der Waals surface area (Å²) < 4.78 is 13.3. The Morgan fingerprint density at radius 1 is 1.38 bits per heavy atom. The second-order valence-electron chi connectivity index (χ2n) is 4.69. The molecule has 2 atom stereocenters. The summed E-state index contributed by atoms with van der Waals surface area (Å²) in [5, 5.41) is 0.645. The Kier molecular flexibility index (Phi) is 3.74. The van der Waals surface area contributed by atoms with E-state index in [2.05, 4.69) is 6.92 Å². The van der Waals surface area contributed by atoms with Crippen molar-refractivity contribution in [3.63, 3.8) is 0 Å². The van der Waals surface area contributed by atoms with E-state index < -0.39 is 0 Å². The summed E-state index contributed by atoms with van der Waals surface area (Å²) in [5.74, 6) is 0.513. The van der Waals surface area contributed by atoms with Gasteiger partial charge in [0, 0.05) is 10.1 Å². The lowest BCUT2D eigenvalue weighted by Gasteiger charge is -2.26. The summed E-state index contributed by atoms with van der Waals surface area (Å²) in [7, 11) is 0. The van der Waals surface area contributed by atoms with Crippen LogP contribution in [0.25, 0.3) is 0 Å². The number of anilines is 1. The van der Waals surface area contributed by atoms with E-state index in [1.807, 2.05) is 6.07 Å². The van der Waals surface area contributed by atoms with Crippen LogP contribution < -0.4 is 5.73 Å². The monoisotopic (exact) mass is 239 g/mol. The Morgan fingerprint density at radius 3 is 2.88 bits per heavy atom. The van der Waals surface area contributed by atoms with Gasteiger partial charge in [0.2, 0.25) is 0 Å². The first kappa shape index (κ1) is 11.8. The Labute approximate surface area is 101 Å². The molecule has 2 N–H and O–H groups in total. The lowest BCUT2D eigenvalue weighted by Crippen LogP contribution is -2.14. The maximum atomic E-state index is 13.3. The van der Waals surface area contributed by atoms with Gasteiger partial charge in [0.1, 0.15) is 5.82 Å². The number of halogens is 1. The van der Waals surface area contributed by atoms with E-state index in [0.717, 1.165) is 10.8 Å². The van der Waals surface area contributed by atoms with Gasteiger partial charge in [-0.15, -0.1) is 11.8 Å². The van der Waals surface area contributed by atoms with Gasteiger partial charge < -0.3 is 5.73 Å². The van der Waals surface area contributed by atoms with Crippen LogP contribution in [0.15, 0.2) is 23.1 Å². The fourth-order valence-corrected chi connectivity index (χ4v) is 3.67. The molecule has 1 aromatic rings. The Bertz CT molecular complexity index is 367. The van der Waals surface area contributed by atoms with Gasteiger partial charge in [-0.25, -0.2) is 4.39 Å². The quantitative estimate of drug-likeness (QED) is 0.787. The third kappa shape index (κ3) is 2.91. The lowest BCUT2D eigenvalue weighted by atomic mass is 9.91. The minimum atomic E-state index is -0.297. The number of rotatable bonds is 2. The molecule has 16 heavy (non-hydrogen) atoms. The molecule has 1 nitrogen and oxygen atoms in total. The van der Waals surface area contributed by atoms with E-state index in [4.69, 9.17) is 5.73 Å². The predicted octanol–water partition coefficient (Wildman–Crippen LogP) is 4.08. The minimum absolute atomic E-state index is 0.237. The van der Waals surface area contributed by atoms with Crippen molar-refractivity contribution in [2.75, 3.05) is 5.73 Å². The first-order valence-electron chi connectivity index (χ1n) is 5.87.